The van der Waals surface area contributed by atoms with E-state index in [9.17, 15) is 4.79 Å². The van der Waals surface area contributed by atoms with Gasteiger partial charge in [0.25, 0.3) is 5.56 Å². The Balaban J connectivity index is 2.21. The van der Waals surface area contributed by atoms with E-state index in [0.29, 0.717) is 17.4 Å². The van der Waals surface area contributed by atoms with Crippen LogP contribution in [0.5, 0.6) is 0 Å². The first-order valence-electron chi connectivity index (χ1n) is 6.09. The van der Waals surface area contributed by atoms with Gasteiger partial charge in [-0.2, -0.15) is 11.8 Å². The van der Waals surface area contributed by atoms with Gasteiger partial charge in [-0.3, -0.25) is 9.20 Å². The first-order chi connectivity index (χ1) is 9.10. The molecule has 0 aliphatic carbocycles. The minimum atomic E-state index is -0.0478. The third-order valence-electron chi connectivity index (χ3n) is 2.77. The molecule has 0 saturated carbocycles. The van der Waals surface area contributed by atoms with Crippen molar-refractivity contribution in [2.75, 3.05) is 6.54 Å². The molecule has 2 aromatic rings. The lowest BCUT2D eigenvalue weighted by Gasteiger charge is -2.09. The van der Waals surface area contributed by atoms with Gasteiger partial charge >= 0.3 is 0 Å². The normalized spacial score (nSPS) is 12.8. The molecule has 0 aliphatic heterocycles. The summed E-state index contributed by atoms with van der Waals surface area (Å²) in [5, 5.41) is 0.482. The summed E-state index contributed by atoms with van der Waals surface area (Å²) in [4.78, 5) is 16.5. The van der Waals surface area contributed by atoms with Crippen LogP contribution in [0.3, 0.4) is 0 Å². The molecule has 4 nitrogen and oxygen atoms in total. The van der Waals surface area contributed by atoms with Crippen molar-refractivity contribution in [1.82, 2.24) is 9.38 Å². The van der Waals surface area contributed by atoms with Crippen molar-refractivity contribution in [3.05, 3.63) is 44.9 Å². The predicted molar refractivity (Wildman–Crippen MR) is 83.6 cm³/mol. The zero-order chi connectivity index (χ0) is 13.8. The molecule has 0 aromatic carbocycles. The van der Waals surface area contributed by atoms with E-state index in [2.05, 4.69) is 27.8 Å². The molecule has 0 spiro atoms. The topological polar surface area (TPSA) is 60.4 Å². The van der Waals surface area contributed by atoms with Crippen molar-refractivity contribution in [1.29, 1.82) is 0 Å². The standard InChI is InChI=1S/C13H16BrN3OS/c1-9(4-5-15)19-8-11-6-13(18)17-7-10(14)2-3-12(17)16-11/h2-3,6-7,9H,4-5,8,15H2,1H3. The zero-order valence-corrected chi connectivity index (χ0v) is 13.1. The maximum absolute atomic E-state index is 12.0. The summed E-state index contributed by atoms with van der Waals surface area (Å²) in [6.07, 6.45) is 2.71. The number of hydrogen-bond donors (Lipinski definition) is 1. The average Bonchev–Trinajstić information content (AvgIpc) is 2.38. The van der Waals surface area contributed by atoms with Gasteiger partial charge in [0.2, 0.25) is 0 Å². The minimum absolute atomic E-state index is 0.0478. The lowest BCUT2D eigenvalue weighted by atomic mass is 10.3. The molecule has 2 rings (SSSR count). The van der Waals surface area contributed by atoms with Crippen LogP contribution in [0.4, 0.5) is 0 Å². The molecule has 0 bridgehead atoms. The molecule has 0 amide bonds. The van der Waals surface area contributed by atoms with Crippen molar-refractivity contribution in [3.63, 3.8) is 0 Å². The second-order valence-corrected chi connectivity index (χ2v) is 6.70. The van der Waals surface area contributed by atoms with Crippen molar-refractivity contribution < 1.29 is 0 Å². The molecule has 1 unspecified atom stereocenters. The maximum Gasteiger partial charge on any atom is 0.258 e. The number of pyridine rings is 1. The molecule has 6 heteroatoms. The Bertz CT molecular complexity index is 629. The first-order valence-corrected chi connectivity index (χ1v) is 7.94. The number of fused-ring (bicyclic) bond motifs is 1. The number of nitrogens with zero attached hydrogens (tertiary/aromatic N) is 2. The Morgan fingerprint density at radius 1 is 1.53 bits per heavy atom. The van der Waals surface area contributed by atoms with Crippen LogP contribution in [-0.4, -0.2) is 21.2 Å². The fraction of sp³-hybridized carbons (Fsp3) is 0.385. The van der Waals surface area contributed by atoms with Gasteiger partial charge in [-0.05, 0) is 41.0 Å². The molecule has 2 N–H and O–H groups in total. The molecule has 2 heterocycles. The quantitative estimate of drug-likeness (QED) is 0.907. The molecule has 0 saturated heterocycles. The Labute approximate surface area is 124 Å². The van der Waals surface area contributed by atoms with Gasteiger partial charge in [0.1, 0.15) is 5.65 Å². The van der Waals surface area contributed by atoms with E-state index in [1.165, 1.54) is 0 Å². The van der Waals surface area contributed by atoms with Gasteiger partial charge in [-0.15, -0.1) is 0 Å². The summed E-state index contributed by atoms with van der Waals surface area (Å²) in [5.41, 5.74) is 6.98. The van der Waals surface area contributed by atoms with E-state index >= 15 is 0 Å². The van der Waals surface area contributed by atoms with E-state index < -0.39 is 0 Å². The Morgan fingerprint density at radius 3 is 3.05 bits per heavy atom. The first kappa shape index (κ1) is 14.6. The largest absolute Gasteiger partial charge is 0.330 e. The molecule has 102 valence electrons. The van der Waals surface area contributed by atoms with Crippen LogP contribution in [0, 0.1) is 0 Å². The van der Waals surface area contributed by atoms with Crippen molar-refractivity contribution in [2.45, 2.75) is 24.3 Å². The van der Waals surface area contributed by atoms with Gasteiger partial charge in [0.05, 0.1) is 5.69 Å². The van der Waals surface area contributed by atoms with Crippen molar-refractivity contribution in [3.8, 4) is 0 Å². The molecule has 19 heavy (non-hydrogen) atoms. The Morgan fingerprint density at radius 2 is 2.32 bits per heavy atom. The highest BCUT2D eigenvalue weighted by Gasteiger charge is 2.06. The third-order valence-corrected chi connectivity index (χ3v) is 4.50. The smallest absolute Gasteiger partial charge is 0.258 e. The van der Waals surface area contributed by atoms with Gasteiger partial charge < -0.3 is 5.73 Å². The Kier molecular flexibility index (Phi) is 5.01. The lowest BCUT2D eigenvalue weighted by molar-refractivity contribution is 0.822. The molecule has 1 atom stereocenters. The number of thioether (sulfide) groups is 1. The maximum atomic E-state index is 12.0. The number of hydrogen-bond acceptors (Lipinski definition) is 4. The van der Waals surface area contributed by atoms with Crippen LogP contribution >= 0.6 is 27.7 Å². The van der Waals surface area contributed by atoms with Crippen molar-refractivity contribution in [2.24, 2.45) is 5.73 Å². The molecule has 2 aromatic heterocycles. The second kappa shape index (κ2) is 6.54. The van der Waals surface area contributed by atoms with E-state index in [-0.39, 0.29) is 5.56 Å². The molecule has 0 fully saturated rings. The number of aromatic nitrogens is 2. The van der Waals surface area contributed by atoms with Crippen LogP contribution < -0.4 is 11.3 Å². The number of halogens is 1. The van der Waals surface area contributed by atoms with E-state index in [1.807, 2.05) is 12.1 Å². The fourth-order valence-electron chi connectivity index (χ4n) is 1.75. The highest BCUT2D eigenvalue weighted by molar-refractivity contribution is 9.10. The Hall–Kier alpha value is -0.850. The SMILES string of the molecule is CC(CCN)SCc1cc(=O)n2cc(Br)ccc2n1. The average molecular weight is 342 g/mol. The van der Waals surface area contributed by atoms with Crippen LogP contribution in [0.1, 0.15) is 19.0 Å². The summed E-state index contributed by atoms with van der Waals surface area (Å²) >= 11 is 5.12. The number of rotatable bonds is 5. The highest BCUT2D eigenvalue weighted by atomic mass is 79.9. The number of nitrogens with two attached hydrogens (primary N) is 1. The second-order valence-electron chi connectivity index (χ2n) is 4.36. The molecule has 0 aliphatic rings. The predicted octanol–water partition coefficient (Wildman–Crippen LogP) is 2.43. The van der Waals surface area contributed by atoms with Crippen LogP contribution in [0.15, 0.2) is 33.7 Å². The van der Waals surface area contributed by atoms with E-state index in [0.717, 1.165) is 22.3 Å². The summed E-state index contributed by atoms with van der Waals surface area (Å²) in [7, 11) is 0. The third kappa shape index (κ3) is 3.81. The molecular formula is C13H16BrN3OS. The summed E-state index contributed by atoms with van der Waals surface area (Å²) < 4.78 is 2.41. The van der Waals surface area contributed by atoms with Crippen LogP contribution in [0.25, 0.3) is 5.65 Å². The van der Waals surface area contributed by atoms with Gasteiger partial charge in [0.15, 0.2) is 0 Å². The highest BCUT2D eigenvalue weighted by Crippen LogP contribution is 2.18. The molecular weight excluding hydrogens is 326 g/mol. The van der Waals surface area contributed by atoms with Crippen LogP contribution in [0.2, 0.25) is 0 Å². The van der Waals surface area contributed by atoms with Gasteiger partial charge in [-0.25, -0.2) is 4.98 Å². The summed E-state index contributed by atoms with van der Waals surface area (Å²) in [6.45, 7) is 2.83. The van der Waals surface area contributed by atoms with Crippen molar-refractivity contribution >= 4 is 33.3 Å². The monoisotopic (exact) mass is 341 g/mol. The zero-order valence-electron chi connectivity index (χ0n) is 10.7. The van der Waals surface area contributed by atoms with Crippen LogP contribution in [-0.2, 0) is 5.75 Å². The summed E-state index contributed by atoms with van der Waals surface area (Å²) in [6, 6.07) is 5.32. The fourth-order valence-corrected chi connectivity index (χ4v) is 2.99. The lowest BCUT2D eigenvalue weighted by Crippen LogP contribution is -2.15. The van der Waals surface area contributed by atoms with E-state index in [1.54, 1.807) is 28.4 Å². The summed E-state index contributed by atoms with van der Waals surface area (Å²) in [5.74, 6) is 0.739. The van der Waals surface area contributed by atoms with E-state index in [4.69, 9.17) is 5.73 Å². The van der Waals surface area contributed by atoms with Gasteiger partial charge in [0, 0.05) is 27.7 Å². The van der Waals surface area contributed by atoms with Gasteiger partial charge in [-0.1, -0.05) is 6.92 Å². The molecule has 0 radical (unpaired) electrons. The minimum Gasteiger partial charge on any atom is -0.330 e.